The van der Waals surface area contributed by atoms with Gasteiger partial charge in [-0.25, -0.2) is 4.98 Å². The first kappa shape index (κ1) is 14.1. The molecule has 0 amide bonds. The molecule has 0 aliphatic heterocycles. The van der Waals surface area contributed by atoms with Crippen LogP contribution in [0.15, 0.2) is 0 Å². The van der Waals surface area contributed by atoms with Crippen LogP contribution in [0.4, 0.5) is 5.95 Å². The summed E-state index contributed by atoms with van der Waals surface area (Å²) in [5.41, 5.74) is 1.93. The summed E-state index contributed by atoms with van der Waals surface area (Å²) in [5, 5.41) is 11.3. The number of hydrogen-bond acceptors (Lipinski definition) is 5. The summed E-state index contributed by atoms with van der Waals surface area (Å²) in [7, 11) is 1.64. The van der Waals surface area contributed by atoms with E-state index >= 15 is 0 Å². The third-order valence-electron chi connectivity index (χ3n) is 2.40. The van der Waals surface area contributed by atoms with Gasteiger partial charge in [0.15, 0.2) is 0 Å². The Bertz CT molecular complexity index is 348. The van der Waals surface area contributed by atoms with Crippen LogP contribution in [-0.4, -0.2) is 40.8 Å². The summed E-state index contributed by atoms with van der Waals surface area (Å²) in [6.07, 6.45) is 1.70. The van der Waals surface area contributed by atoms with E-state index in [1.807, 2.05) is 6.92 Å². The van der Waals surface area contributed by atoms with E-state index in [0.29, 0.717) is 18.4 Å². The largest absolute Gasteiger partial charge is 0.383 e. The van der Waals surface area contributed by atoms with Gasteiger partial charge in [0.2, 0.25) is 5.95 Å². The van der Waals surface area contributed by atoms with E-state index in [1.54, 1.807) is 7.11 Å². The fourth-order valence-electron chi connectivity index (χ4n) is 1.51. The van der Waals surface area contributed by atoms with Crippen molar-refractivity contribution in [2.45, 2.75) is 32.7 Å². The zero-order chi connectivity index (χ0) is 12.7. The molecule has 1 rings (SSSR count). The van der Waals surface area contributed by atoms with Gasteiger partial charge in [0.1, 0.15) is 0 Å². The Morgan fingerprint density at radius 3 is 2.47 bits per heavy atom. The first-order chi connectivity index (χ1) is 8.24. The minimum atomic E-state index is 0.000601. The van der Waals surface area contributed by atoms with Crippen LogP contribution in [0.2, 0.25) is 0 Å². The number of aromatic nitrogens is 3. The molecule has 0 saturated carbocycles. The number of rotatable bonds is 7. The zero-order valence-corrected chi connectivity index (χ0v) is 11.3. The average Bonchev–Trinajstić information content (AvgIpc) is 2.38. The van der Waals surface area contributed by atoms with Crippen molar-refractivity contribution in [3.63, 3.8) is 0 Å². The standard InChI is InChI=1S/C11H19ClN4O/c1-4-9-10(5-2)15-16-11(14-9)13-8(6-12)7-17-3/h8H,4-7H2,1-3H3,(H,13,14,16). The highest BCUT2D eigenvalue weighted by Crippen LogP contribution is 2.08. The van der Waals surface area contributed by atoms with E-state index in [9.17, 15) is 0 Å². The van der Waals surface area contributed by atoms with Crippen molar-refractivity contribution in [2.75, 3.05) is 24.9 Å². The predicted octanol–water partition coefficient (Wildman–Crippen LogP) is 1.66. The predicted molar refractivity (Wildman–Crippen MR) is 68.6 cm³/mol. The second-order valence-corrected chi connectivity index (χ2v) is 4.00. The molecular formula is C11H19ClN4O. The van der Waals surface area contributed by atoms with E-state index in [1.165, 1.54) is 0 Å². The van der Waals surface area contributed by atoms with Crippen molar-refractivity contribution < 1.29 is 4.74 Å². The highest BCUT2D eigenvalue weighted by atomic mass is 35.5. The van der Waals surface area contributed by atoms with Crippen LogP contribution in [0.1, 0.15) is 25.2 Å². The molecule has 6 heteroatoms. The zero-order valence-electron chi connectivity index (χ0n) is 10.5. The molecule has 1 unspecified atom stereocenters. The lowest BCUT2D eigenvalue weighted by Gasteiger charge is -2.15. The average molecular weight is 259 g/mol. The molecule has 1 aromatic heterocycles. The number of alkyl halides is 1. The maximum Gasteiger partial charge on any atom is 0.243 e. The van der Waals surface area contributed by atoms with E-state index in [-0.39, 0.29) is 6.04 Å². The van der Waals surface area contributed by atoms with Gasteiger partial charge in [-0.2, -0.15) is 5.10 Å². The molecule has 0 aromatic carbocycles. The van der Waals surface area contributed by atoms with Gasteiger partial charge in [-0.1, -0.05) is 13.8 Å². The van der Waals surface area contributed by atoms with E-state index < -0.39 is 0 Å². The van der Waals surface area contributed by atoms with Gasteiger partial charge in [0.25, 0.3) is 0 Å². The van der Waals surface area contributed by atoms with Crippen molar-refractivity contribution in [1.29, 1.82) is 0 Å². The van der Waals surface area contributed by atoms with Crippen LogP contribution < -0.4 is 5.32 Å². The second-order valence-electron chi connectivity index (χ2n) is 3.69. The molecule has 5 nitrogen and oxygen atoms in total. The molecule has 0 spiro atoms. The van der Waals surface area contributed by atoms with Crippen molar-refractivity contribution in [3.8, 4) is 0 Å². The van der Waals surface area contributed by atoms with Crippen molar-refractivity contribution in [2.24, 2.45) is 0 Å². The Morgan fingerprint density at radius 2 is 1.94 bits per heavy atom. The van der Waals surface area contributed by atoms with Crippen LogP contribution in [0.5, 0.6) is 0 Å². The summed E-state index contributed by atoms with van der Waals surface area (Å²) in [4.78, 5) is 4.43. The summed E-state index contributed by atoms with van der Waals surface area (Å²) < 4.78 is 5.05. The molecular weight excluding hydrogens is 240 g/mol. The van der Waals surface area contributed by atoms with Crippen LogP contribution in [0, 0.1) is 0 Å². The Morgan fingerprint density at radius 1 is 1.24 bits per heavy atom. The molecule has 17 heavy (non-hydrogen) atoms. The highest BCUT2D eigenvalue weighted by Gasteiger charge is 2.11. The lowest BCUT2D eigenvalue weighted by Crippen LogP contribution is -2.28. The van der Waals surface area contributed by atoms with E-state index in [2.05, 4.69) is 27.4 Å². The first-order valence-electron chi connectivity index (χ1n) is 5.79. The third kappa shape index (κ3) is 4.09. The van der Waals surface area contributed by atoms with E-state index in [4.69, 9.17) is 16.3 Å². The Kier molecular flexibility index (Phi) is 6.15. The van der Waals surface area contributed by atoms with Crippen molar-refractivity contribution in [3.05, 3.63) is 11.4 Å². The molecule has 0 aliphatic rings. The normalized spacial score (nSPS) is 12.5. The Hall–Kier alpha value is -0.940. The highest BCUT2D eigenvalue weighted by molar-refractivity contribution is 6.18. The fourth-order valence-corrected chi connectivity index (χ4v) is 1.67. The van der Waals surface area contributed by atoms with Crippen LogP contribution in [0.3, 0.4) is 0 Å². The van der Waals surface area contributed by atoms with Gasteiger partial charge in [-0.05, 0) is 12.8 Å². The maximum atomic E-state index is 5.81. The number of halogens is 1. The lowest BCUT2D eigenvalue weighted by molar-refractivity contribution is 0.191. The molecule has 1 atom stereocenters. The molecule has 0 radical (unpaired) electrons. The van der Waals surface area contributed by atoms with Gasteiger partial charge in [0, 0.05) is 13.0 Å². The summed E-state index contributed by atoms with van der Waals surface area (Å²) >= 11 is 5.81. The molecule has 0 aliphatic carbocycles. The fraction of sp³-hybridized carbons (Fsp3) is 0.727. The second kappa shape index (κ2) is 7.40. The molecule has 1 aromatic rings. The molecule has 0 fully saturated rings. The number of ether oxygens (including phenoxy) is 1. The minimum Gasteiger partial charge on any atom is -0.383 e. The van der Waals surface area contributed by atoms with Gasteiger partial charge in [0.05, 0.1) is 24.0 Å². The SMILES string of the molecule is CCc1nnc(NC(CCl)COC)nc1CC. The summed E-state index contributed by atoms with van der Waals surface area (Å²) in [6, 6.07) is 0.000601. The van der Waals surface area contributed by atoms with Crippen LogP contribution in [-0.2, 0) is 17.6 Å². The van der Waals surface area contributed by atoms with Gasteiger partial charge >= 0.3 is 0 Å². The minimum absolute atomic E-state index is 0.000601. The lowest BCUT2D eigenvalue weighted by atomic mass is 10.2. The molecule has 1 N–H and O–H groups in total. The topological polar surface area (TPSA) is 59.9 Å². The van der Waals surface area contributed by atoms with E-state index in [0.717, 1.165) is 24.2 Å². The molecule has 96 valence electrons. The van der Waals surface area contributed by atoms with Crippen molar-refractivity contribution >= 4 is 17.5 Å². The number of nitrogens with zero attached hydrogens (tertiary/aromatic N) is 3. The molecule has 0 saturated heterocycles. The number of hydrogen-bond donors (Lipinski definition) is 1. The smallest absolute Gasteiger partial charge is 0.243 e. The van der Waals surface area contributed by atoms with Crippen molar-refractivity contribution in [1.82, 2.24) is 15.2 Å². The van der Waals surface area contributed by atoms with Crippen LogP contribution in [0.25, 0.3) is 0 Å². The van der Waals surface area contributed by atoms with Gasteiger partial charge in [-0.3, -0.25) is 0 Å². The number of nitrogens with one attached hydrogen (secondary N) is 1. The summed E-state index contributed by atoms with van der Waals surface area (Å²) in [6.45, 7) is 4.62. The number of methoxy groups -OCH3 is 1. The third-order valence-corrected chi connectivity index (χ3v) is 2.77. The quantitative estimate of drug-likeness (QED) is 0.754. The molecule has 0 bridgehead atoms. The summed E-state index contributed by atoms with van der Waals surface area (Å²) in [5.74, 6) is 0.954. The number of anilines is 1. The Balaban J connectivity index is 2.77. The monoisotopic (exact) mass is 258 g/mol. The maximum absolute atomic E-state index is 5.81. The first-order valence-corrected chi connectivity index (χ1v) is 6.32. The van der Waals surface area contributed by atoms with Gasteiger partial charge in [-0.15, -0.1) is 16.7 Å². The van der Waals surface area contributed by atoms with Gasteiger partial charge < -0.3 is 10.1 Å². The Labute approximate surface area is 107 Å². The molecule has 1 heterocycles. The number of aryl methyl sites for hydroxylation is 2. The van der Waals surface area contributed by atoms with Crippen LogP contribution >= 0.6 is 11.6 Å².